The van der Waals surface area contributed by atoms with Crippen LogP contribution in [-0.4, -0.2) is 50.5 Å². The van der Waals surface area contributed by atoms with Crippen molar-refractivity contribution in [2.24, 2.45) is 7.05 Å². The summed E-state index contributed by atoms with van der Waals surface area (Å²) in [6.45, 7) is 0.618. The van der Waals surface area contributed by atoms with Crippen LogP contribution in [-0.2, 0) is 11.8 Å². The highest BCUT2D eigenvalue weighted by molar-refractivity contribution is 7.99. The number of aliphatic carboxylic acids is 1. The summed E-state index contributed by atoms with van der Waals surface area (Å²) in [5.74, 6) is 0.635. The van der Waals surface area contributed by atoms with Crippen molar-refractivity contribution in [3.8, 4) is 0 Å². The highest BCUT2D eigenvalue weighted by atomic mass is 32.2. The number of carboxylic acid groups (broad SMARTS) is 1. The maximum Gasteiger partial charge on any atom is 0.305 e. The molecule has 0 bridgehead atoms. The topological polar surface area (TPSA) is 62.5 Å². The molecule has 6 heteroatoms. The van der Waals surface area contributed by atoms with E-state index in [2.05, 4.69) is 0 Å². The molecular formula is C12H16N2O3S. The monoisotopic (exact) mass is 268 g/mol. The fourth-order valence-corrected chi connectivity index (χ4v) is 3.19. The third-order valence-corrected chi connectivity index (χ3v) is 4.15. The number of nitrogens with zero attached hydrogens (tertiary/aromatic N) is 2. The van der Waals surface area contributed by atoms with Crippen LogP contribution in [0.2, 0.25) is 0 Å². The largest absolute Gasteiger partial charge is 0.481 e. The van der Waals surface area contributed by atoms with E-state index in [0.717, 1.165) is 5.75 Å². The highest BCUT2D eigenvalue weighted by Crippen LogP contribution is 2.21. The average molecular weight is 268 g/mol. The fraction of sp³-hybridized carbons (Fsp3) is 0.500. The lowest BCUT2D eigenvalue weighted by Crippen LogP contribution is -2.47. The Hall–Kier alpha value is -1.43. The van der Waals surface area contributed by atoms with Gasteiger partial charge in [-0.1, -0.05) is 0 Å². The first-order valence-electron chi connectivity index (χ1n) is 5.81. The second-order valence-electron chi connectivity index (χ2n) is 4.33. The summed E-state index contributed by atoms with van der Waals surface area (Å²) < 4.78 is 1.77. The molecule has 1 aromatic rings. The fourth-order valence-electron chi connectivity index (χ4n) is 2.12. The molecule has 2 heterocycles. The van der Waals surface area contributed by atoms with Crippen LogP contribution in [0.3, 0.4) is 0 Å². The van der Waals surface area contributed by atoms with Gasteiger partial charge in [-0.2, -0.15) is 11.8 Å². The van der Waals surface area contributed by atoms with Crippen LogP contribution >= 0.6 is 11.8 Å². The minimum atomic E-state index is -0.854. The lowest BCUT2D eigenvalue weighted by atomic mass is 10.2. The van der Waals surface area contributed by atoms with Crippen LogP contribution in [0.5, 0.6) is 0 Å². The van der Waals surface area contributed by atoms with E-state index in [4.69, 9.17) is 5.11 Å². The third-order valence-electron chi connectivity index (χ3n) is 3.06. The third kappa shape index (κ3) is 2.69. The Morgan fingerprint density at radius 2 is 2.33 bits per heavy atom. The summed E-state index contributed by atoms with van der Waals surface area (Å²) in [5.41, 5.74) is 0.609. The number of carbonyl (C=O) groups excluding carboxylic acids is 1. The predicted octanol–water partition coefficient (Wildman–Crippen LogP) is 1.06. The van der Waals surface area contributed by atoms with Gasteiger partial charge in [-0.25, -0.2) is 0 Å². The van der Waals surface area contributed by atoms with Crippen molar-refractivity contribution in [3.63, 3.8) is 0 Å². The minimum Gasteiger partial charge on any atom is -0.481 e. The molecule has 0 spiro atoms. The van der Waals surface area contributed by atoms with Crippen LogP contribution in [0.15, 0.2) is 18.3 Å². The number of aryl methyl sites for hydroxylation is 1. The highest BCUT2D eigenvalue weighted by Gasteiger charge is 2.30. The van der Waals surface area contributed by atoms with Crippen molar-refractivity contribution in [1.29, 1.82) is 0 Å². The molecule has 0 radical (unpaired) electrons. The van der Waals surface area contributed by atoms with Crippen molar-refractivity contribution in [2.75, 3.05) is 18.1 Å². The van der Waals surface area contributed by atoms with E-state index in [9.17, 15) is 9.59 Å². The molecule has 0 aromatic carbocycles. The predicted molar refractivity (Wildman–Crippen MR) is 69.8 cm³/mol. The van der Waals surface area contributed by atoms with E-state index in [1.165, 1.54) is 0 Å². The first-order chi connectivity index (χ1) is 8.59. The molecular weight excluding hydrogens is 252 g/mol. The second kappa shape index (κ2) is 5.48. The summed E-state index contributed by atoms with van der Waals surface area (Å²) in [4.78, 5) is 24.9. The molecule has 1 aliphatic heterocycles. The summed E-state index contributed by atoms with van der Waals surface area (Å²) in [6, 6.07) is 3.38. The van der Waals surface area contributed by atoms with Gasteiger partial charge in [-0.3, -0.25) is 9.59 Å². The quantitative estimate of drug-likeness (QED) is 0.890. The van der Waals surface area contributed by atoms with Gasteiger partial charge >= 0.3 is 5.97 Å². The van der Waals surface area contributed by atoms with Gasteiger partial charge in [-0.05, 0) is 12.1 Å². The number of amides is 1. The molecule has 1 aromatic heterocycles. The number of thioether (sulfide) groups is 1. The number of aromatic nitrogens is 1. The Labute approximate surface area is 110 Å². The first-order valence-corrected chi connectivity index (χ1v) is 6.97. The molecule has 1 atom stereocenters. The first kappa shape index (κ1) is 13.0. The number of carboxylic acids is 1. The maximum atomic E-state index is 12.4. The van der Waals surface area contributed by atoms with Gasteiger partial charge in [0.2, 0.25) is 0 Å². The van der Waals surface area contributed by atoms with E-state index in [1.807, 2.05) is 19.3 Å². The molecule has 0 saturated carbocycles. The molecule has 18 heavy (non-hydrogen) atoms. The molecule has 1 aliphatic rings. The Kier molecular flexibility index (Phi) is 3.96. The van der Waals surface area contributed by atoms with Gasteiger partial charge in [0, 0.05) is 31.3 Å². The molecule has 98 valence electrons. The molecule has 0 aliphatic carbocycles. The summed E-state index contributed by atoms with van der Waals surface area (Å²) in [5, 5.41) is 8.90. The molecule has 2 rings (SSSR count). The SMILES string of the molecule is Cn1cccc1C(=O)N1CCSCC1CC(=O)O. The van der Waals surface area contributed by atoms with Crippen molar-refractivity contribution in [1.82, 2.24) is 9.47 Å². The molecule has 5 nitrogen and oxygen atoms in total. The Bertz CT molecular complexity index is 458. The van der Waals surface area contributed by atoms with Crippen LogP contribution < -0.4 is 0 Å². The summed E-state index contributed by atoms with van der Waals surface area (Å²) >= 11 is 1.70. The van der Waals surface area contributed by atoms with Gasteiger partial charge in [0.15, 0.2) is 0 Å². The van der Waals surface area contributed by atoms with Crippen LogP contribution in [0, 0.1) is 0 Å². The summed E-state index contributed by atoms with van der Waals surface area (Å²) in [7, 11) is 1.82. The van der Waals surface area contributed by atoms with Gasteiger partial charge in [-0.15, -0.1) is 0 Å². The van der Waals surface area contributed by atoms with Crippen LogP contribution in [0.1, 0.15) is 16.9 Å². The average Bonchev–Trinajstić information content (AvgIpc) is 2.74. The smallest absolute Gasteiger partial charge is 0.305 e. The normalized spacial score (nSPS) is 19.8. The Balaban J connectivity index is 2.16. The molecule has 1 N–H and O–H groups in total. The zero-order valence-electron chi connectivity index (χ0n) is 10.2. The zero-order valence-corrected chi connectivity index (χ0v) is 11.0. The Morgan fingerprint density at radius 3 is 2.94 bits per heavy atom. The van der Waals surface area contributed by atoms with E-state index >= 15 is 0 Å². The Morgan fingerprint density at radius 1 is 1.56 bits per heavy atom. The minimum absolute atomic E-state index is 0.0170. The molecule has 1 unspecified atom stereocenters. The van der Waals surface area contributed by atoms with Crippen molar-refractivity contribution < 1.29 is 14.7 Å². The standard InChI is InChI=1S/C12H16N2O3S/c1-13-4-2-3-10(13)12(17)14-5-6-18-8-9(14)7-11(15)16/h2-4,9H,5-8H2,1H3,(H,15,16). The lowest BCUT2D eigenvalue weighted by molar-refractivity contribution is -0.138. The van der Waals surface area contributed by atoms with Crippen LogP contribution in [0.4, 0.5) is 0 Å². The lowest BCUT2D eigenvalue weighted by Gasteiger charge is -2.34. The van der Waals surface area contributed by atoms with Gasteiger partial charge in [0.05, 0.1) is 12.5 Å². The van der Waals surface area contributed by atoms with Crippen molar-refractivity contribution in [3.05, 3.63) is 24.0 Å². The van der Waals surface area contributed by atoms with Gasteiger partial charge in [0.1, 0.15) is 5.69 Å². The zero-order chi connectivity index (χ0) is 13.1. The summed E-state index contributed by atoms with van der Waals surface area (Å²) in [6.07, 6.45) is 1.83. The van der Waals surface area contributed by atoms with E-state index in [1.54, 1.807) is 27.3 Å². The number of carbonyl (C=O) groups is 2. The number of rotatable bonds is 3. The van der Waals surface area contributed by atoms with E-state index in [-0.39, 0.29) is 18.4 Å². The van der Waals surface area contributed by atoms with Crippen molar-refractivity contribution in [2.45, 2.75) is 12.5 Å². The van der Waals surface area contributed by atoms with Gasteiger partial charge < -0.3 is 14.6 Å². The van der Waals surface area contributed by atoms with Crippen LogP contribution in [0.25, 0.3) is 0 Å². The second-order valence-corrected chi connectivity index (χ2v) is 5.48. The van der Waals surface area contributed by atoms with Gasteiger partial charge in [0.25, 0.3) is 5.91 Å². The maximum absolute atomic E-state index is 12.4. The molecule has 1 fully saturated rings. The number of hydrogen-bond acceptors (Lipinski definition) is 3. The molecule has 1 amide bonds. The molecule has 1 saturated heterocycles. The number of hydrogen-bond donors (Lipinski definition) is 1. The van der Waals surface area contributed by atoms with E-state index in [0.29, 0.717) is 18.0 Å². The van der Waals surface area contributed by atoms with E-state index < -0.39 is 5.97 Å². The van der Waals surface area contributed by atoms with Crippen molar-refractivity contribution >= 4 is 23.6 Å².